The summed E-state index contributed by atoms with van der Waals surface area (Å²) in [4.78, 5) is 57.0. The van der Waals surface area contributed by atoms with Crippen LogP contribution in [-0.2, 0) is 19.9 Å². The number of likely N-dealkylation sites (N-methyl/N-ethyl adjacent to an activating group) is 1. The highest BCUT2D eigenvalue weighted by Crippen LogP contribution is 2.32. The van der Waals surface area contributed by atoms with Crippen molar-refractivity contribution < 1.29 is 28.1 Å². The summed E-state index contributed by atoms with van der Waals surface area (Å²) in [5.41, 5.74) is 6.08. The first-order valence-corrected chi connectivity index (χ1v) is 16.6. The molecule has 1 aromatic heterocycles. The SMILES string of the molecule is CCC(=O)N[C@@H](C(=O)N1CCN(C)CC1)[C@@H](C)c1ccc(NC(=O)[C@@H](NC(=O)c2conc2C(C)(C)N)C2CCC(C)CC2)c(F)c1. The van der Waals surface area contributed by atoms with Crippen molar-refractivity contribution >= 4 is 29.3 Å². The van der Waals surface area contributed by atoms with E-state index in [1.165, 1.54) is 18.4 Å². The molecule has 2 heterocycles. The van der Waals surface area contributed by atoms with Gasteiger partial charge in [-0.1, -0.05) is 44.8 Å². The van der Waals surface area contributed by atoms with Gasteiger partial charge in [-0.25, -0.2) is 4.39 Å². The lowest BCUT2D eigenvalue weighted by Crippen LogP contribution is -2.55. The van der Waals surface area contributed by atoms with Gasteiger partial charge in [0.25, 0.3) is 5.91 Å². The van der Waals surface area contributed by atoms with E-state index in [2.05, 4.69) is 32.9 Å². The van der Waals surface area contributed by atoms with Gasteiger partial charge in [0.15, 0.2) is 0 Å². The van der Waals surface area contributed by atoms with Gasteiger partial charge in [-0.2, -0.15) is 0 Å². The van der Waals surface area contributed by atoms with E-state index in [0.29, 0.717) is 24.6 Å². The molecule has 1 aromatic carbocycles. The lowest BCUT2D eigenvalue weighted by Gasteiger charge is -2.36. The molecular weight excluding hydrogens is 605 g/mol. The number of anilines is 1. The predicted octanol–water partition coefficient (Wildman–Crippen LogP) is 3.34. The van der Waals surface area contributed by atoms with Crippen LogP contribution in [-0.4, -0.2) is 83.9 Å². The number of halogens is 1. The molecule has 1 saturated heterocycles. The minimum atomic E-state index is -0.951. The molecule has 2 aliphatic rings. The molecule has 3 atom stereocenters. The normalized spacial score (nSPS) is 21.0. The highest BCUT2D eigenvalue weighted by molar-refractivity contribution is 6.02. The molecule has 0 radical (unpaired) electrons. The molecule has 12 nitrogen and oxygen atoms in total. The molecule has 1 saturated carbocycles. The highest BCUT2D eigenvalue weighted by Gasteiger charge is 2.36. The molecule has 0 unspecified atom stereocenters. The molecule has 2 fully saturated rings. The van der Waals surface area contributed by atoms with Crippen LogP contribution in [0, 0.1) is 17.7 Å². The van der Waals surface area contributed by atoms with E-state index in [1.54, 1.807) is 38.7 Å². The fourth-order valence-electron chi connectivity index (χ4n) is 6.32. The minimum Gasteiger partial charge on any atom is -0.364 e. The molecule has 2 aromatic rings. The molecular formula is C34H50FN7O5. The van der Waals surface area contributed by atoms with Gasteiger partial charge in [0.2, 0.25) is 17.7 Å². The topological polar surface area (TPSA) is 163 Å². The van der Waals surface area contributed by atoms with Gasteiger partial charge in [0, 0.05) is 38.5 Å². The number of nitrogens with zero attached hydrogens (tertiary/aromatic N) is 3. The third kappa shape index (κ3) is 8.95. The average molecular weight is 656 g/mol. The first kappa shape index (κ1) is 36.0. The Bertz CT molecular complexity index is 1420. The number of piperazine rings is 1. The number of carbonyl (C=O) groups excluding carboxylic acids is 4. The summed E-state index contributed by atoms with van der Waals surface area (Å²) in [5, 5.41) is 12.3. The van der Waals surface area contributed by atoms with Gasteiger partial charge in [-0.3, -0.25) is 19.2 Å². The number of nitrogens with one attached hydrogen (secondary N) is 3. The van der Waals surface area contributed by atoms with E-state index in [9.17, 15) is 19.2 Å². The Labute approximate surface area is 276 Å². The van der Waals surface area contributed by atoms with Gasteiger partial charge < -0.3 is 36.0 Å². The summed E-state index contributed by atoms with van der Waals surface area (Å²) in [6, 6.07) is 2.57. The third-order valence-corrected chi connectivity index (χ3v) is 9.52. The van der Waals surface area contributed by atoms with E-state index in [1.807, 2.05) is 7.05 Å². The number of aromatic nitrogens is 1. The number of amides is 4. The smallest absolute Gasteiger partial charge is 0.257 e. The van der Waals surface area contributed by atoms with Gasteiger partial charge >= 0.3 is 0 Å². The van der Waals surface area contributed by atoms with E-state index < -0.39 is 41.2 Å². The van der Waals surface area contributed by atoms with Crippen LogP contribution in [0.15, 0.2) is 29.0 Å². The van der Waals surface area contributed by atoms with Gasteiger partial charge in [-0.15, -0.1) is 0 Å². The second-order valence-corrected chi connectivity index (χ2v) is 13.8. The van der Waals surface area contributed by atoms with Crippen molar-refractivity contribution in [1.29, 1.82) is 0 Å². The molecule has 0 bridgehead atoms. The van der Waals surface area contributed by atoms with Crippen LogP contribution in [0.4, 0.5) is 10.1 Å². The summed E-state index contributed by atoms with van der Waals surface area (Å²) >= 11 is 0. The number of nitrogens with two attached hydrogens (primary N) is 1. The van der Waals surface area contributed by atoms with Crippen LogP contribution in [0.25, 0.3) is 0 Å². The highest BCUT2D eigenvalue weighted by atomic mass is 19.1. The van der Waals surface area contributed by atoms with Crippen molar-refractivity contribution in [2.75, 3.05) is 38.5 Å². The molecule has 47 heavy (non-hydrogen) atoms. The Morgan fingerprint density at radius 2 is 1.74 bits per heavy atom. The molecule has 5 N–H and O–H groups in total. The first-order valence-electron chi connectivity index (χ1n) is 16.6. The number of hydrogen-bond acceptors (Lipinski definition) is 8. The summed E-state index contributed by atoms with van der Waals surface area (Å²) in [6.45, 7) is 11.6. The zero-order valence-electron chi connectivity index (χ0n) is 28.4. The molecule has 13 heteroatoms. The average Bonchev–Trinajstić information content (AvgIpc) is 3.55. The van der Waals surface area contributed by atoms with Gasteiger partial charge in [-0.05, 0) is 63.3 Å². The lowest BCUT2D eigenvalue weighted by molar-refractivity contribution is -0.138. The third-order valence-electron chi connectivity index (χ3n) is 9.52. The van der Waals surface area contributed by atoms with Crippen LogP contribution in [0.5, 0.6) is 0 Å². The summed E-state index contributed by atoms with van der Waals surface area (Å²) in [5.74, 6) is -2.45. The molecule has 258 valence electrons. The maximum Gasteiger partial charge on any atom is 0.257 e. The van der Waals surface area contributed by atoms with Crippen LogP contribution < -0.4 is 21.7 Å². The van der Waals surface area contributed by atoms with Crippen molar-refractivity contribution in [2.45, 2.75) is 90.3 Å². The Hall–Kier alpha value is -3.84. The van der Waals surface area contributed by atoms with Gasteiger partial charge in [0.1, 0.15) is 35.4 Å². The second-order valence-electron chi connectivity index (χ2n) is 13.8. The van der Waals surface area contributed by atoms with Crippen molar-refractivity contribution in [3.05, 3.63) is 47.1 Å². The molecule has 1 aliphatic carbocycles. The predicted molar refractivity (Wildman–Crippen MR) is 176 cm³/mol. The number of hydrogen-bond donors (Lipinski definition) is 4. The van der Waals surface area contributed by atoms with Crippen LogP contribution in [0.3, 0.4) is 0 Å². The monoisotopic (exact) mass is 655 g/mol. The van der Waals surface area contributed by atoms with Crippen LogP contribution >= 0.6 is 0 Å². The maximum atomic E-state index is 15.7. The summed E-state index contributed by atoms with van der Waals surface area (Å²) in [7, 11) is 1.99. The van der Waals surface area contributed by atoms with E-state index in [0.717, 1.165) is 38.8 Å². The zero-order chi connectivity index (χ0) is 34.5. The fraction of sp³-hybridized carbons (Fsp3) is 0.618. The molecule has 4 rings (SSSR count). The van der Waals surface area contributed by atoms with Crippen molar-refractivity contribution in [3.63, 3.8) is 0 Å². The second kappa shape index (κ2) is 15.4. The van der Waals surface area contributed by atoms with E-state index in [-0.39, 0.29) is 41.1 Å². The summed E-state index contributed by atoms with van der Waals surface area (Å²) in [6.07, 6.45) is 4.68. The Balaban J connectivity index is 1.53. The van der Waals surface area contributed by atoms with Crippen molar-refractivity contribution in [3.8, 4) is 0 Å². The number of carbonyl (C=O) groups is 4. The Morgan fingerprint density at radius 1 is 1.09 bits per heavy atom. The van der Waals surface area contributed by atoms with E-state index >= 15 is 4.39 Å². The maximum absolute atomic E-state index is 15.7. The first-order chi connectivity index (χ1) is 22.2. The summed E-state index contributed by atoms with van der Waals surface area (Å²) < 4.78 is 20.7. The number of rotatable bonds is 11. The quantitative estimate of drug-likeness (QED) is 0.287. The lowest BCUT2D eigenvalue weighted by atomic mass is 9.79. The standard InChI is InChI=1S/C34H50FN7O5/c1-7-27(43)38-28(33(46)42-16-14-41(6)15-17-42)21(3)23-12-13-26(25(35)18-23)37-32(45)29(22-10-8-20(2)9-11-22)39-31(44)24-19-47-40-30(24)34(4,5)36/h12-13,18-22,28-29H,7-11,14-17,36H2,1-6H3,(H,37,45)(H,38,43)(H,39,44)/t20?,21-,22?,28+,29-/m0/s1. The fourth-order valence-corrected chi connectivity index (χ4v) is 6.32. The number of benzene rings is 1. The van der Waals surface area contributed by atoms with Gasteiger partial charge in [0.05, 0.1) is 11.2 Å². The Morgan fingerprint density at radius 3 is 2.34 bits per heavy atom. The van der Waals surface area contributed by atoms with Crippen LogP contribution in [0.2, 0.25) is 0 Å². The van der Waals surface area contributed by atoms with Crippen molar-refractivity contribution in [1.82, 2.24) is 25.6 Å². The largest absolute Gasteiger partial charge is 0.364 e. The van der Waals surface area contributed by atoms with E-state index in [4.69, 9.17) is 10.3 Å². The Kier molecular flexibility index (Phi) is 11.8. The molecule has 4 amide bonds. The van der Waals surface area contributed by atoms with Crippen molar-refractivity contribution in [2.24, 2.45) is 17.6 Å². The minimum absolute atomic E-state index is 0.0531. The van der Waals surface area contributed by atoms with Crippen LogP contribution in [0.1, 0.15) is 94.3 Å². The molecule has 1 aliphatic heterocycles. The zero-order valence-corrected chi connectivity index (χ0v) is 28.4. The molecule has 0 spiro atoms.